The summed E-state index contributed by atoms with van der Waals surface area (Å²) in [5, 5.41) is 16.7. The lowest BCUT2D eigenvalue weighted by Crippen LogP contribution is -2.25. The maximum Gasteiger partial charge on any atom is 0.133 e. The third-order valence-corrected chi connectivity index (χ3v) is 5.00. The predicted molar refractivity (Wildman–Crippen MR) is 102 cm³/mol. The molecule has 26 heavy (non-hydrogen) atoms. The summed E-state index contributed by atoms with van der Waals surface area (Å²) >= 11 is 0. The highest BCUT2D eigenvalue weighted by Crippen LogP contribution is 2.27. The molecule has 3 aromatic rings. The van der Waals surface area contributed by atoms with Crippen LogP contribution in [0.3, 0.4) is 0 Å². The second kappa shape index (κ2) is 6.36. The number of rotatable bonds is 3. The summed E-state index contributed by atoms with van der Waals surface area (Å²) in [4.78, 5) is 0. The largest absolute Gasteiger partial charge is 0.312 e. The van der Waals surface area contributed by atoms with E-state index in [-0.39, 0.29) is 5.41 Å². The van der Waals surface area contributed by atoms with E-state index in [0.29, 0.717) is 0 Å². The molecule has 3 heterocycles. The lowest BCUT2D eigenvalue weighted by molar-refractivity contribution is 0.579. The molecule has 1 N–H and O–H groups in total. The van der Waals surface area contributed by atoms with E-state index in [1.54, 1.807) is 4.68 Å². The Morgan fingerprint density at radius 1 is 1.15 bits per heavy atom. The van der Waals surface area contributed by atoms with E-state index in [1.165, 1.54) is 22.4 Å². The smallest absolute Gasteiger partial charge is 0.133 e. The molecule has 2 aromatic heterocycles. The van der Waals surface area contributed by atoms with Crippen molar-refractivity contribution in [1.82, 2.24) is 30.1 Å². The van der Waals surface area contributed by atoms with Crippen molar-refractivity contribution in [3.63, 3.8) is 0 Å². The topological polar surface area (TPSA) is 60.6 Å². The second-order valence-corrected chi connectivity index (χ2v) is 8.08. The molecule has 1 aliphatic heterocycles. The Labute approximate surface area is 154 Å². The Balaban J connectivity index is 1.67. The van der Waals surface area contributed by atoms with Gasteiger partial charge in [0.1, 0.15) is 11.4 Å². The molecule has 0 spiro atoms. The van der Waals surface area contributed by atoms with Gasteiger partial charge in [0.25, 0.3) is 0 Å². The second-order valence-electron chi connectivity index (χ2n) is 8.08. The molecule has 6 nitrogen and oxygen atoms in total. The Kier molecular flexibility index (Phi) is 4.15. The first-order chi connectivity index (χ1) is 12.4. The van der Waals surface area contributed by atoms with Crippen molar-refractivity contribution >= 4 is 0 Å². The molecule has 1 aromatic carbocycles. The summed E-state index contributed by atoms with van der Waals surface area (Å²) < 4.78 is 3.87. The summed E-state index contributed by atoms with van der Waals surface area (Å²) in [5.74, 6) is 0. The van der Waals surface area contributed by atoms with Gasteiger partial charge in [-0.1, -0.05) is 50.3 Å². The number of fused-ring (bicyclic) bond motifs is 1. The van der Waals surface area contributed by atoms with Gasteiger partial charge in [0.2, 0.25) is 0 Å². The van der Waals surface area contributed by atoms with E-state index in [9.17, 15) is 0 Å². The molecule has 0 unspecified atom stereocenters. The number of aryl methyl sites for hydroxylation is 1. The molecule has 0 saturated carbocycles. The van der Waals surface area contributed by atoms with E-state index < -0.39 is 0 Å². The van der Waals surface area contributed by atoms with Crippen molar-refractivity contribution in [2.75, 3.05) is 6.54 Å². The summed E-state index contributed by atoms with van der Waals surface area (Å²) in [6.45, 7) is 9.34. The maximum atomic E-state index is 4.90. The van der Waals surface area contributed by atoms with Gasteiger partial charge in [-0.2, -0.15) is 5.10 Å². The van der Waals surface area contributed by atoms with Gasteiger partial charge in [-0.3, -0.25) is 9.36 Å². The van der Waals surface area contributed by atoms with Gasteiger partial charge in [0.15, 0.2) is 0 Å². The SMILES string of the molecule is Cn1cc(-c2nn(Cc3ccc(C(C)(C)C)cc3)c3c2CNCC3)nn1. The monoisotopic (exact) mass is 350 g/mol. The number of benzene rings is 1. The zero-order chi connectivity index (χ0) is 18.3. The number of nitrogens with one attached hydrogen (secondary N) is 1. The van der Waals surface area contributed by atoms with Crippen molar-refractivity contribution in [2.24, 2.45) is 7.05 Å². The van der Waals surface area contributed by atoms with Gasteiger partial charge in [-0.05, 0) is 16.5 Å². The van der Waals surface area contributed by atoms with E-state index in [1.807, 2.05) is 13.2 Å². The molecule has 0 atom stereocenters. The molecule has 136 valence electrons. The maximum absolute atomic E-state index is 4.90. The molecule has 0 radical (unpaired) electrons. The highest BCUT2D eigenvalue weighted by Gasteiger charge is 2.23. The first-order valence-corrected chi connectivity index (χ1v) is 9.17. The summed E-state index contributed by atoms with van der Waals surface area (Å²) in [6, 6.07) is 8.91. The Morgan fingerprint density at radius 3 is 2.58 bits per heavy atom. The van der Waals surface area contributed by atoms with Crippen LogP contribution in [0.4, 0.5) is 0 Å². The zero-order valence-corrected chi connectivity index (χ0v) is 16.0. The minimum atomic E-state index is 0.175. The summed E-state index contributed by atoms with van der Waals surface area (Å²) in [7, 11) is 1.88. The third-order valence-electron chi connectivity index (χ3n) is 5.00. The fourth-order valence-electron chi connectivity index (χ4n) is 3.50. The first-order valence-electron chi connectivity index (χ1n) is 9.17. The number of nitrogens with zero attached hydrogens (tertiary/aromatic N) is 5. The van der Waals surface area contributed by atoms with Crippen molar-refractivity contribution in [1.29, 1.82) is 0 Å². The van der Waals surface area contributed by atoms with Crippen molar-refractivity contribution in [2.45, 2.75) is 45.7 Å². The van der Waals surface area contributed by atoms with Crippen LogP contribution in [0.2, 0.25) is 0 Å². The molecule has 6 heteroatoms. The van der Waals surface area contributed by atoms with Crippen LogP contribution in [-0.4, -0.2) is 31.3 Å². The quantitative estimate of drug-likeness (QED) is 0.789. The summed E-state index contributed by atoms with van der Waals surface area (Å²) in [6.07, 6.45) is 2.92. The Hall–Kier alpha value is -2.47. The highest BCUT2D eigenvalue weighted by atomic mass is 15.4. The molecule has 0 saturated heterocycles. The van der Waals surface area contributed by atoms with Gasteiger partial charge in [-0.15, -0.1) is 5.10 Å². The molecular weight excluding hydrogens is 324 g/mol. The number of hydrogen-bond donors (Lipinski definition) is 1. The van der Waals surface area contributed by atoms with Gasteiger partial charge in [0, 0.05) is 37.8 Å². The zero-order valence-electron chi connectivity index (χ0n) is 16.0. The molecule has 1 aliphatic rings. The molecule has 4 rings (SSSR count). The molecule has 0 aliphatic carbocycles. The standard InChI is InChI=1S/C20H26N6/c1-20(2,3)15-7-5-14(6-8-15)12-26-18-9-10-21-11-16(18)19(23-26)17-13-25(4)24-22-17/h5-8,13,21H,9-12H2,1-4H3. The minimum Gasteiger partial charge on any atom is -0.312 e. The van der Waals surface area contributed by atoms with Crippen molar-refractivity contribution in [3.8, 4) is 11.4 Å². The highest BCUT2D eigenvalue weighted by molar-refractivity contribution is 5.59. The molecular formula is C20H26N6. The van der Waals surface area contributed by atoms with E-state index in [2.05, 4.69) is 65.3 Å². The van der Waals surface area contributed by atoms with Gasteiger partial charge >= 0.3 is 0 Å². The first kappa shape index (κ1) is 17.0. The van der Waals surface area contributed by atoms with Crippen LogP contribution in [0.5, 0.6) is 0 Å². The minimum absolute atomic E-state index is 0.175. The third kappa shape index (κ3) is 3.17. The van der Waals surface area contributed by atoms with Gasteiger partial charge < -0.3 is 5.32 Å². The Bertz CT molecular complexity index is 911. The Morgan fingerprint density at radius 2 is 1.92 bits per heavy atom. The van der Waals surface area contributed by atoms with Crippen molar-refractivity contribution in [3.05, 3.63) is 52.8 Å². The van der Waals surface area contributed by atoms with Crippen LogP contribution in [0.25, 0.3) is 11.4 Å². The van der Waals surface area contributed by atoms with E-state index in [4.69, 9.17) is 5.10 Å². The van der Waals surface area contributed by atoms with Crippen LogP contribution in [0.15, 0.2) is 30.5 Å². The van der Waals surface area contributed by atoms with Crippen LogP contribution in [-0.2, 0) is 32.0 Å². The average Bonchev–Trinajstić information content (AvgIpc) is 3.19. The molecule has 0 fully saturated rings. The fourth-order valence-corrected chi connectivity index (χ4v) is 3.50. The van der Waals surface area contributed by atoms with E-state index >= 15 is 0 Å². The lowest BCUT2D eigenvalue weighted by atomic mass is 9.87. The molecule has 0 amide bonds. The van der Waals surface area contributed by atoms with Gasteiger partial charge in [0.05, 0.1) is 12.7 Å². The van der Waals surface area contributed by atoms with Crippen molar-refractivity contribution < 1.29 is 0 Å². The van der Waals surface area contributed by atoms with Crippen LogP contribution >= 0.6 is 0 Å². The van der Waals surface area contributed by atoms with E-state index in [0.717, 1.165) is 37.4 Å². The normalized spacial score (nSPS) is 14.5. The van der Waals surface area contributed by atoms with Crippen LogP contribution in [0.1, 0.15) is 43.2 Å². The molecule has 0 bridgehead atoms. The number of aromatic nitrogens is 5. The van der Waals surface area contributed by atoms with Crippen LogP contribution in [0, 0.1) is 0 Å². The van der Waals surface area contributed by atoms with Gasteiger partial charge in [-0.25, -0.2) is 0 Å². The number of hydrogen-bond acceptors (Lipinski definition) is 4. The lowest BCUT2D eigenvalue weighted by Gasteiger charge is -2.19. The summed E-state index contributed by atoms with van der Waals surface area (Å²) in [5.41, 5.74) is 7.16. The average molecular weight is 350 g/mol. The fraction of sp³-hybridized carbons (Fsp3) is 0.450. The van der Waals surface area contributed by atoms with Crippen LogP contribution < -0.4 is 5.32 Å². The predicted octanol–water partition coefficient (Wildman–Crippen LogP) is 2.67.